The normalized spacial score (nSPS) is 16.1. The molecule has 1 amide bonds. The number of carbonyl (C=O) groups is 1. The number of benzene rings is 2. The van der Waals surface area contributed by atoms with Gasteiger partial charge < -0.3 is 10.1 Å². The van der Waals surface area contributed by atoms with Gasteiger partial charge in [0.05, 0.1) is 12.1 Å². The SMILES string of the molecule is O=C(NC1CCc2ncnn2C1)c1ccccc1Oc1ccccc1. The van der Waals surface area contributed by atoms with E-state index in [1.807, 2.05) is 47.1 Å². The number of nitrogens with zero attached hydrogens (tertiary/aromatic N) is 3. The molecule has 2 heterocycles. The topological polar surface area (TPSA) is 69.0 Å². The lowest BCUT2D eigenvalue weighted by Gasteiger charge is -2.24. The van der Waals surface area contributed by atoms with E-state index in [9.17, 15) is 4.79 Å². The van der Waals surface area contributed by atoms with Crippen molar-refractivity contribution in [1.82, 2.24) is 20.1 Å². The molecule has 1 atom stereocenters. The zero-order chi connectivity index (χ0) is 17.1. The van der Waals surface area contributed by atoms with Gasteiger partial charge >= 0.3 is 0 Å². The van der Waals surface area contributed by atoms with Crippen LogP contribution >= 0.6 is 0 Å². The Bertz CT molecular complexity index is 876. The summed E-state index contributed by atoms with van der Waals surface area (Å²) in [4.78, 5) is 16.9. The maximum Gasteiger partial charge on any atom is 0.255 e. The molecule has 25 heavy (non-hydrogen) atoms. The molecular formula is C19H18N4O2. The van der Waals surface area contributed by atoms with Crippen molar-refractivity contribution in [2.45, 2.75) is 25.4 Å². The van der Waals surface area contributed by atoms with Crippen LogP contribution in [-0.4, -0.2) is 26.7 Å². The van der Waals surface area contributed by atoms with Crippen molar-refractivity contribution in [3.63, 3.8) is 0 Å². The number of aromatic nitrogens is 3. The highest BCUT2D eigenvalue weighted by atomic mass is 16.5. The van der Waals surface area contributed by atoms with Crippen LogP contribution in [0, 0.1) is 0 Å². The lowest BCUT2D eigenvalue weighted by Crippen LogP contribution is -2.41. The third kappa shape index (κ3) is 3.38. The second-order valence-electron chi connectivity index (χ2n) is 5.98. The first-order valence-corrected chi connectivity index (χ1v) is 8.29. The van der Waals surface area contributed by atoms with Crippen LogP contribution in [-0.2, 0) is 13.0 Å². The van der Waals surface area contributed by atoms with E-state index in [1.165, 1.54) is 0 Å². The third-order valence-corrected chi connectivity index (χ3v) is 4.24. The average Bonchev–Trinajstić information content (AvgIpc) is 3.11. The molecule has 1 aliphatic heterocycles. The highest BCUT2D eigenvalue weighted by Gasteiger charge is 2.23. The summed E-state index contributed by atoms with van der Waals surface area (Å²) < 4.78 is 7.72. The summed E-state index contributed by atoms with van der Waals surface area (Å²) in [6, 6.07) is 16.8. The molecule has 3 aromatic rings. The molecule has 0 saturated heterocycles. The van der Waals surface area contributed by atoms with Crippen LogP contribution < -0.4 is 10.1 Å². The van der Waals surface area contributed by atoms with Gasteiger partial charge in [-0.05, 0) is 30.7 Å². The Labute approximate surface area is 145 Å². The third-order valence-electron chi connectivity index (χ3n) is 4.24. The molecule has 6 nitrogen and oxygen atoms in total. The minimum absolute atomic E-state index is 0.0338. The number of aryl methyl sites for hydroxylation is 1. The maximum absolute atomic E-state index is 12.7. The van der Waals surface area contributed by atoms with Crippen molar-refractivity contribution < 1.29 is 9.53 Å². The number of para-hydroxylation sites is 2. The molecule has 4 rings (SSSR count). The monoisotopic (exact) mass is 334 g/mol. The number of hydrogen-bond donors (Lipinski definition) is 1. The van der Waals surface area contributed by atoms with E-state index in [2.05, 4.69) is 15.4 Å². The summed E-state index contributed by atoms with van der Waals surface area (Å²) in [5.74, 6) is 2.08. The predicted molar refractivity (Wildman–Crippen MR) is 92.6 cm³/mol. The summed E-state index contributed by atoms with van der Waals surface area (Å²) in [6.45, 7) is 0.642. The molecule has 0 radical (unpaired) electrons. The second kappa shape index (κ2) is 6.76. The van der Waals surface area contributed by atoms with E-state index in [0.717, 1.165) is 18.7 Å². The minimum atomic E-state index is -0.139. The lowest BCUT2D eigenvalue weighted by atomic mass is 10.1. The van der Waals surface area contributed by atoms with Crippen LogP contribution in [0.5, 0.6) is 11.5 Å². The van der Waals surface area contributed by atoms with Gasteiger partial charge in [0.2, 0.25) is 0 Å². The fourth-order valence-electron chi connectivity index (χ4n) is 2.98. The van der Waals surface area contributed by atoms with Crippen molar-refractivity contribution in [3.05, 3.63) is 72.3 Å². The van der Waals surface area contributed by atoms with Crippen LogP contribution in [0.1, 0.15) is 22.6 Å². The van der Waals surface area contributed by atoms with Gasteiger partial charge in [0.1, 0.15) is 23.7 Å². The van der Waals surface area contributed by atoms with E-state index >= 15 is 0 Å². The number of nitrogens with one attached hydrogen (secondary N) is 1. The van der Waals surface area contributed by atoms with Crippen molar-refractivity contribution >= 4 is 5.91 Å². The Morgan fingerprint density at radius 2 is 1.92 bits per heavy atom. The lowest BCUT2D eigenvalue weighted by molar-refractivity contribution is 0.0924. The zero-order valence-electron chi connectivity index (χ0n) is 13.6. The molecule has 0 bridgehead atoms. The van der Waals surface area contributed by atoms with Gasteiger partial charge in [0.25, 0.3) is 5.91 Å². The van der Waals surface area contributed by atoms with Crippen LogP contribution in [0.2, 0.25) is 0 Å². The van der Waals surface area contributed by atoms with Crippen LogP contribution in [0.3, 0.4) is 0 Å². The Morgan fingerprint density at radius 1 is 1.12 bits per heavy atom. The standard InChI is InChI=1S/C19H18N4O2/c24-19(22-14-10-11-18-20-13-21-23(18)12-14)16-8-4-5-9-17(16)25-15-6-2-1-3-7-15/h1-9,13-14H,10-12H2,(H,22,24). The van der Waals surface area contributed by atoms with Crippen LogP contribution in [0.15, 0.2) is 60.9 Å². The van der Waals surface area contributed by atoms with Gasteiger partial charge in [-0.15, -0.1) is 0 Å². The molecule has 0 spiro atoms. The molecule has 2 aromatic carbocycles. The maximum atomic E-state index is 12.7. The van der Waals surface area contributed by atoms with E-state index in [0.29, 0.717) is 23.6 Å². The Balaban J connectivity index is 1.49. The molecular weight excluding hydrogens is 316 g/mol. The number of carbonyl (C=O) groups excluding carboxylic acids is 1. The molecule has 1 N–H and O–H groups in total. The average molecular weight is 334 g/mol. The fourth-order valence-corrected chi connectivity index (χ4v) is 2.98. The first-order chi connectivity index (χ1) is 12.3. The first-order valence-electron chi connectivity index (χ1n) is 8.29. The van der Waals surface area contributed by atoms with Crippen molar-refractivity contribution in [3.8, 4) is 11.5 Å². The number of amides is 1. The van der Waals surface area contributed by atoms with E-state index in [1.54, 1.807) is 18.5 Å². The van der Waals surface area contributed by atoms with Crippen LogP contribution in [0.4, 0.5) is 0 Å². The van der Waals surface area contributed by atoms with Gasteiger partial charge in [-0.2, -0.15) is 5.10 Å². The van der Waals surface area contributed by atoms with Gasteiger partial charge in [0.15, 0.2) is 0 Å². The number of fused-ring (bicyclic) bond motifs is 1. The number of rotatable bonds is 4. The summed E-state index contributed by atoms with van der Waals surface area (Å²) in [5, 5.41) is 7.27. The molecule has 6 heteroatoms. The van der Waals surface area contributed by atoms with Crippen molar-refractivity contribution in [2.75, 3.05) is 0 Å². The van der Waals surface area contributed by atoms with E-state index in [-0.39, 0.29) is 11.9 Å². The Hall–Kier alpha value is -3.15. The molecule has 126 valence electrons. The minimum Gasteiger partial charge on any atom is -0.457 e. The molecule has 1 unspecified atom stereocenters. The summed E-state index contributed by atoms with van der Waals surface area (Å²) in [6.07, 6.45) is 3.22. The smallest absolute Gasteiger partial charge is 0.255 e. The predicted octanol–water partition coefficient (Wildman–Crippen LogP) is 2.82. The van der Waals surface area contributed by atoms with E-state index in [4.69, 9.17) is 4.74 Å². The highest BCUT2D eigenvalue weighted by Crippen LogP contribution is 2.25. The number of ether oxygens (including phenoxy) is 1. The molecule has 0 saturated carbocycles. The van der Waals surface area contributed by atoms with Gasteiger partial charge in [-0.3, -0.25) is 4.79 Å². The fraction of sp³-hybridized carbons (Fsp3) is 0.211. The van der Waals surface area contributed by atoms with Crippen molar-refractivity contribution in [1.29, 1.82) is 0 Å². The molecule has 0 aliphatic carbocycles. The molecule has 1 aromatic heterocycles. The molecule has 1 aliphatic rings. The van der Waals surface area contributed by atoms with Crippen LogP contribution in [0.25, 0.3) is 0 Å². The van der Waals surface area contributed by atoms with Gasteiger partial charge in [-0.25, -0.2) is 9.67 Å². The largest absolute Gasteiger partial charge is 0.457 e. The van der Waals surface area contributed by atoms with E-state index < -0.39 is 0 Å². The second-order valence-corrected chi connectivity index (χ2v) is 5.98. The first kappa shape index (κ1) is 15.4. The zero-order valence-corrected chi connectivity index (χ0v) is 13.6. The summed E-state index contributed by atoms with van der Waals surface area (Å²) in [5.41, 5.74) is 0.524. The van der Waals surface area contributed by atoms with Gasteiger partial charge in [-0.1, -0.05) is 30.3 Å². The Kier molecular flexibility index (Phi) is 4.16. The molecule has 0 fully saturated rings. The Morgan fingerprint density at radius 3 is 2.80 bits per heavy atom. The van der Waals surface area contributed by atoms with Crippen molar-refractivity contribution in [2.24, 2.45) is 0 Å². The van der Waals surface area contributed by atoms with Gasteiger partial charge in [0, 0.05) is 12.5 Å². The number of hydrogen-bond acceptors (Lipinski definition) is 4. The summed E-state index contributed by atoms with van der Waals surface area (Å²) >= 11 is 0. The summed E-state index contributed by atoms with van der Waals surface area (Å²) in [7, 11) is 0. The highest BCUT2D eigenvalue weighted by molar-refractivity contribution is 5.97. The quantitative estimate of drug-likeness (QED) is 0.796.